The number of nitrogens with zero attached hydrogens (tertiary/aromatic N) is 2. The Kier molecular flexibility index (Phi) is 7.91. The monoisotopic (exact) mass is 560 g/mol. The van der Waals surface area contributed by atoms with Crippen molar-refractivity contribution in [1.29, 1.82) is 0 Å². The van der Waals surface area contributed by atoms with E-state index in [2.05, 4.69) is 0 Å². The molecule has 5 rings (SSSR count). The highest BCUT2D eigenvalue weighted by Crippen LogP contribution is 2.39. The number of fused-ring (bicyclic) bond motifs is 1. The van der Waals surface area contributed by atoms with Crippen molar-refractivity contribution >= 4 is 28.9 Å². The maximum Gasteiger partial charge on any atom is 0.227 e. The molecule has 0 spiro atoms. The van der Waals surface area contributed by atoms with Crippen LogP contribution in [-0.4, -0.2) is 43.9 Å². The molecule has 206 valence electrons. The van der Waals surface area contributed by atoms with Crippen molar-refractivity contribution in [2.45, 2.75) is 31.9 Å². The van der Waals surface area contributed by atoms with Crippen LogP contribution in [0.25, 0.3) is 0 Å². The third-order valence-corrected chi connectivity index (χ3v) is 7.64. The number of benzene rings is 3. The van der Waals surface area contributed by atoms with Gasteiger partial charge in [-0.1, -0.05) is 23.7 Å². The summed E-state index contributed by atoms with van der Waals surface area (Å²) in [4.78, 5) is 15.8. The van der Waals surface area contributed by atoms with E-state index in [-0.39, 0.29) is 54.3 Å². The van der Waals surface area contributed by atoms with E-state index >= 15 is 4.39 Å². The lowest BCUT2D eigenvalue weighted by Crippen LogP contribution is -2.46. The lowest BCUT2D eigenvalue weighted by atomic mass is 9.94. The van der Waals surface area contributed by atoms with Gasteiger partial charge in [-0.3, -0.25) is 4.79 Å². The van der Waals surface area contributed by atoms with Crippen LogP contribution in [-0.2, 0) is 17.8 Å². The van der Waals surface area contributed by atoms with E-state index in [4.69, 9.17) is 21.1 Å². The van der Waals surface area contributed by atoms with Crippen LogP contribution in [0.3, 0.4) is 0 Å². The molecule has 2 aliphatic heterocycles. The summed E-state index contributed by atoms with van der Waals surface area (Å²) in [7, 11) is 1.57. The number of rotatable bonds is 7. The molecule has 0 aromatic heterocycles. The van der Waals surface area contributed by atoms with Crippen molar-refractivity contribution in [2.75, 3.05) is 36.6 Å². The minimum absolute atomic E-state index is 0.0459. The SMILES string of the molecule is COc1ccc(CN2C(=O)CCc3c(OC[C@H]4CCN(c5cc(F)c(Cl)cc5F)C[C@@H]4O)ccc(F)c32)cc1. The molecule has 2 atom stereocenters. The summed E-state index contributed by atoms with van der Waals surface area (Å²) in [6, 6.07) is 12.0. The zero-order valence-corrected chi connectivity index (χ0v) is 22.1. The fourth-order valence-electron chi connectivity index (χ4n) is 5.17. The van der Waals surface area contributed by atoms with E-state index in [0.29, 0.717) is 36.4 Å². The smallest absolute Gasteiger partial charge is 0.227 e. The molecule has 1 saturated heterocycles. The van der Waals surface area contributed by atoms with Gasteiger partial charge in [-0.15, -0.1) is 0 Å². The van der Waals surface area contributed by atoms with Crippen molar-refractivity contribution in [3.8, 4) is 11.5 Å². The highest BCUT2D eigenvalue weighted by Gasteiger charge is 2.32. The van der Waals surface area contributed by atoms with Gasteiger partial charge >= 0.3 is 0 Å². The Hall–Kier alpha value is -3.43. The number of piperidine rings is 1. The molecule has 1 N–H and O–H groups in total. The first-order valence-electron chi connectivity index (χ1n) is 12.7. The van der Waals surface area contributed by atoms with E-state index in [0.717, 1.165) is 17.7 Å². The number of hydrogen-bond acceptors (Lipinski definition) is 5. The van der Waals surface area contributed by atoms with Crippen LogP contribution in [0.15, 0.2) is 48.5 Å². The minimum atomic E-state index is -0.860. The third-order valence-electron chi connectivity index (χ3n) is 7.35. The quantitative estimate of drug-likeness (QED) is 0.386. The lowest BCUT2D eigenvalue weighted by Gasteiger charge is -2.37. The first-order chi connectivity index (χ1) is 18.7. The Labute approximate surface area is 229 Å². The molecule has 10 heteroatoms. The fraction of sp³-hybridized carbons (Fsp3) is 0.345. The highest BCUT2D eigenvalue weighted by atomic mass is 35.5. The van der Waals surface area contributed by atoms with Crippen LogP contribution in [0, 0.1) is 23.4 Å². The lowest BCUT2D eigenvalue weighted by molar-refractivity contribution is -0.119. The maximum absolute atomic E-state index is 15.1. The van der Waals surface area contributed by atoms with Crippen molar-refractivity contribution in [3.63, 3.8) is 0 Å². The minimum Gasteiger partial charge on any atom is -0.497 e. The zero-order chi connectivity index (χ0) is 27.7. The Balaban J connectivity index is 1.29. The van der Waals surface area contributed by atoms with E-state index in [1.807, 2.05) is 12.1 Å². The van der Waals surface area contributed by atoms with Gasteiger partial charge in [0.05, 0.1) is 42.8 Å². The van der Waals surface area contributed by atoms with Crippen LogP contribution in [0.1, 0.15) is 24.0 Å². The molecule has 1 amide bonds. The summed E-state index contributed by atoms with van der Waals surface area (Å²) in [5.41, 5.74) is 1.68. The number of methoxy groups -OCH3 is 1. The molecule has 0 unspecified atom stereocenters. The van der Waals surface area contributed by atoms with Gasteiger partial charge in [-0.2, -0.15) is 0 Å². The van der Waals surface area contributed by atoms with Gasteiger partial charge in [-0.25, -0.2) is 13.2 Å². The van der Waals surface area contributed by atoms with Gasteiger partial charge in [0, 0.05) is 37.1 Å². The van der Waals surface area contributed by atoms with Gasteiger partial charge in [-0.05, 0) is 48.7 Å². The Morgan fingerprint density at radius 3 is 2.51 bits per heavy atom. The van der Waals surface area contributed by atoms with E-state index < -0.39 is 23.6 Å². The number of halogens is 4. The topological polar surface area (TPSA) is 62.2 Å². The molecule has 1 fully saturated rings. The second-order valence-electron chi connectivity index (χ2n) is 9.79. The second-order valence-corrected chi connectivity index (χ2v) is 10.2. The summed E-state index contributed by atoms with van der Waals surface area (Å²) in [6.07, 6.45) is 0.160. The van der Waals surface area contributed by atoms with E-state index in [1.54, 1.807) is 30.2 Å². The van der Waals surface area contributed by atoms with Crippen molar-refractivity contribution < 1.29 is 32.5 Å². The van der Waals surface area contributed by atoms with Crippen LogP contribution in [0.5, 0.6) is 11.5 Å². The van der Waals surface area contributed by atoms with Gasteiger partial charge in [0.1, 0.15) is 29.0 Å². The molecule has 3 aromatic rings. The molecule has 0 aliphatic carbocycles. The van der Waals surface area contributed by atoms with Gasteiger partial charge in [0.2, 0.25) is 5.91 Å². The number of carbonyl (C=O) groups excluding carboxylic acids is 1. The number of β-amino-alcohol motifs (C(OH)–C–C–N with tert-alkyl or cyclic N) is 1. The highest BCUT2D eigenvalue weighted by molar-refractivity contribution is 6.30. The van der Waals surface area contributed by atoms with Crippen LogP contribution in [0.2, 0.25) is 5.02 Å². The Bertz CT molecular complexity index is 1370. The standard InChI is InChI=1S/C29H28ClF3N2O4/c1-38-19-4-2-17(3-5-19)14-35-28(37)9-6-20-27(8-7-22(31)29(20)35)39-16-18-10-11-34(15-26(18)36)25-13-23(32)21(30)12-24(25)33/h2-5,7-8,12-13,18,26,36H,6,9-11,14-16H2,1H3/t18-,26+/m1/s1. The predicted octanol–water partition coefficient (Wildman–Crippen LogP) is 5.51. The summed E-state index contributed by atoms with van der Waals surface area (Å²) in [5.74, 6) is -1.21. The fourth-order valence-corrected chi connectivity index (χ4v) is 5.33. The summed E-state index contributed by atoms with van der Waals surface area (Å²) in [6.45, 7) is 0.832. The average Bonchev–Trinajstić information content (AvgIpc) is 2.92. The van der Waals surface area contributed by atoms with Crippen LogP contribution >= 0.6 is 11.6 Å². The average molecular weight is 561 g/mol. The third kappa shape index (κ3) is 5.65. The van der Waals surface area contributed by atoms with Gasteiger partial charge in [0.25, 0.3) is 0 Å². The molecular weight excluding hydrogens is 533 g/mol. The number of aliphatic hydroxyl groups excluding tert-OH is 1. The molecule has 2 heterocycles. The molecule has 0 radical (unpaired) electrons. The molecule has 39 heavy (non-hydrogen) atoms. The summed E-state index contributed by atoms with van der Waals surface area (Å²) < 4.78 is 54.6. The molecule has 0 saturated carbocycles. The van der Waals surface area contributed by atoms with Crippen molar-refractivity contribution in [3.05, 3.63) is 82.1 Å². The Morgan fingerprint density at radius 1 is 1.03 bits per heavy atom. The van der Waals surface area contributed by atoms with Crippen molar-refractivity contribution in [1.82, 2.24) is 0 Å². The molecule has 2 aliphatic rings. The second kappa shape index (κ2) is 11.4. The molecule has 6 nitrogen and oxygen atoms in total. The Morgan fingerprint density at radius 2 is 1.79 bits per heavy atom. The predicted molar refractivity (Wildman–Crippen MR) is 142 cm³/mol. The largest absolute Gasteiger partial charge is 0.497 e. The van der Waals surface area contributed by atoms with E-state index in [9.17, 15) is 18.7 Å². The number of hydrogen-bond donors (Lipinski definition) is 1. The van der Waals surface area contributed by atoms with Gasteiger partial charge < -0.3 is 24.4 Å². The van der Waals surface area contributed by atoms with Crippen LogP contribution in [0.4, 0.5) is 24.5 Å². The molecular formula is C29H28ClF3N2O4. The summed E-state index contributed by atoms with van der Waals surface area (Å²) in [5, 5.41) is 10.5. The number of ether oxygens (including phenoxy) is 2. The van der Waals surface area contributed by atoms with Crippen LogP contribution < -0.4 is 19.3 Å². The molecule has 3 aromatic carbocycles. The van der Waals surface area contributed by atoms with Gasteiger partial charge in [0.15, 0.2) is 0 Å². The number of carbonyl (C=O) groups is 1. The normalized spacial score (nSPS) is 19.2. The molecule has 0 bridgehead atoms. The number of aliphatic hydroxyl groups is 1. The van der Waals surface area contributed by atoms with Crippen molar-refractivity contribution in [2.24, 2.45) is 5.92 Å². The first-order valence-corrected chi connectivity index (χ1v) is 13.1. The zero-order valence-electron chi connectivity index (χ0n) is 21.3. The maximum atomic E-state index is 15.1. The van der Waals surface area contributed by atoms with E-state index in [1.165, 1.54) is 11.0 Å². The number of amides is 1. The first kappa shape index (κ1) is 27.1. The number of anilines is 2. The summed E-state index contributed by atoms with van der Waals surface area (Å²) >= 11 is 5.66.